The maximum absolute atomic E-state index is 13.3. The second kappa shape index (κ2) is 8.16. The summed E-state index contributed by atoms with van der Waals surface area (Å²) in [6, 6.07) is 12.0. The predicted octanol–water partition coefficient (Wildman–Crippen LogP) is 4.20. The average molecular weight is 417 g/mol. The third-order valence-electron chi connectivity index (χ3n) is 4.55. The number of sulfone groups is 1. The number of hydrogen-bond acceptors (Lipinski definition) is 5. The summed E-state index contributed by atoms with van der Waals surface area (Å²) in [5.74, 6) is -1.05. The first kappa shape index (κ1) is 20.7. The van der Waals surface area contributed by atoms with Crippen LogP contribution in [0.2, 0.25) is 0 Å². The molecule has 0 radical (unpaired) electrons. The van der Waals surface area contributed by atoms with Crippen molar-refractivity contribution >= 4 is 15.8 Å². The summed E-state index contributed by atoms with van der Waals surface area (Å²) in [5.41, 5.74) is 1.73. The summed E-state index contributed by atoms with van der Waals surface area (Å²) < 4.78 is 42.6. The van der Waals surface area contributed by atoms with Gasteiger partial charge in [-0.15, -0.1) is 0 Å². The minimum atomic E-state index is -3.33. The molecule has 0 amide bonds. The molecule has 0 aliphatic carbocycles. The van der Waals surface area contributed by atoms with Gasteiger partial charge in [-0.2, -0.15) is 0 Å². The molecule has 0 bridgehead atoms. The molecular weight excluding hydrogens is 397 g/mol. The summed E-state index contributed by atoms with van der Waals surface area (Å²) in [5, 5.41) is 9.06. The first-order valence-corrected chi connectivity index (χ1v) is 10.8. The zero-order valence-corrected chi connectivity index (χ0v) is 16.7. The number of nitrogens with zero attached hydrogens (tertiary/aromatic N) is 1. The number of aliphatic carboxylic acids is 1. The van der Waals surface area contributed by atoms with Crippen molar-refractivity contribution < 1.29 is 27.1 Å². The van der Waals surface area contributed by atoms with Gasteiger partial charge in [0.2, 0.25) is 0 Å². The zero-order chi connectivity index (χ0) is 21.2. The Labute approximate surface area is 167 Å². The quantitative estimate of drug-likeness (QED) is 0.619. The van der Waals surface area contributed by atoms with Crippen LogP contribution in [0.1, 0.15) is 19.2 Å². The molecule has 0 aliphatic rings. The Bertz CT molecular complexity index is 1120. The fourth-order valence-electron chi connectivity index (χ4n) is 2.79. The number of rotatable bonds is 7. The van der Waals surface area contributed by atoms with E-state index < -0.39 is 21.7 Å². The maximum Gasteiger partial charge on any atom is 0.306 e. The Balaban J connectivity index is 2.01. The summed E-state index contributed by atoms with van der Waals surface area (Å²) in [6.07, 6.45) is 1.80. The molecular formula is C21H20FNO5S. The van der Waals surface area contributed by atoms with E-state index in [0.717, 1.165) is 6.26 Å². The van der Waals surface area contributed by atoms with Gasteiger partial charge in [0.15, 0.2) is 21.5 Å². The number of aryl methyl sites for hydroxylation is 1. The maximum atomic E-state index is 13.3. The number of aromatic nitrogens is 1. The standard InChI is InChI=1S/C21H20FNO5S/c1-13(21(24)25)3-12-18-23-19(14-4-8-16(22)9-5-14)20(28-18)15-6-10-17(11-7-15)29(2,26)27/h4-11,13H,3,12H2,1-2H3,(H,24,25). The Morgan fingerprint density at radius 1 is 1.10 bits per heavy atom. The smallest absolute Gasteiger partial charge is 0.306 e. The highest BCUT2D eigenvalue weighted by atomic mass is 32.2. The van der Waals surface area contributed by atoms with Gasteiger partial charge in [0.25, 0.3) is 0 Å². The molecule has 8 heteroatoms. The highest BCUT2D eigenvalue weighted by molar-refractivity contribution is 7.90. The van der Waals surface area contributed by atoms with Gasteiger partial charge < -0.3 is 9.52 Å². The molecule has 0 aliphatic heterocycles. The lowest BCUT2D eigenvalue weighted by atomic mass is 10.1. The molecule has 3 aromatic rings. The molecule has 1 unspecified atom stereocenters. The van der Waals surface area contributed by atoms with Crippen LogP contribution in [0, 0.1) is 11.7 Å². The van der Waals surface area contributed by atoms with Gasteiger partial charge in [0, 0.05) is 23.8 Å². The lowest BCUT2D eigenvalue weighted by molar-refractivity contribution is -0.141. The topological polar surface area (TPSA) is 97.5 Å². The highest BCUT2D eigenvalue weighted by Crippen LogP contribution is 2.34. The van der Waals surface area contributed by atoms with Crippen LogP contribution >= 0.6 is 0 Å². The van der Waals surface area contributed by atoms with Crippen LogP contribution in [-0.4, -0.2) is 30.7 Å². The molecule has 0 fully saturated rings. The molecule has 6 nitrogen and oxygen atoms in total. The van der Waals surface area contributed by atoms with Crippen molar-refractivity contribution in [2.45, 2.75) is 24.7 Å². The molecule has 0 saturated carbocycles. The third-order valence-corrected chi connectivity index (χ3v) is 5.68. The van der Waals surface area contributed by atoms with Crippen LogP contribution in [-0.2, 0) is 21.1 Å². The third kappa shape index (κ3) is 4.89. The van der Waals surface area contributed by atoms with E-state index in [9.17, 15) is 17.6 Å². The van der Waals surface area contributed by atoms with E-state index in [0.29, 0.717) is 41.3 Å². The molecule has 1 N–H and O–H groups in total. The Hall–Kier alpha value is -3.00. The summed E-state index contributed by atoms with van der Waals surface area (Å²) in [7, 11) is -3.33. The number of carboxylic acid groups (broad SMARTS) is 1. The molecule has 29 heavy (non-hydrogen) atoms. The zero-order valence-electron chi connectivity index (χ0n) is 15.9. The highest BCUT2D eigenvalue weighted by Gasteiger charge is 2.19. The minimum Gasteiger partial charge on any atom is -0.481 e. The molecule has 0 spiro atoms. The van der Waals surface area contributed by atoms with Crippen LogP contribution < -0.4 is 0 Å². The van der Waals surface area contributed by atoms with Gasteiger partial charge in [-0.3, -0.25) is 4.79 Å². The minimum absolute atomic E-state index is 0.180. The lowest BCUT2D eigenvalue weighted by Gasteiger charge is -2.03. The largest absolute Gasteiger partial charge is 0.481 e. The van der Waals surface area contributed by atoms with Crippen molar-refractivity contribution in [1.29, 1.82) is 0 Å². The second-order valence-corrected chi connectivity index (χ2v) is 8.88. The number of carbonyl (C=O) groups is 1. The van der Waals surface area contributed by atoms with Gasteiger partial charge in [0.05, 0.1) is 10.8 Å². The average Bonchev–Trinajstić information content (AvgIpc) is 3.10. The van der Waals surface area contributed by atoms with E-state index in [2.05, 4.69) is 4.98 Å². The molecule has 0 saturated heterocycles. The molecule has 3 rings (SSSR count). The van der Waals surface area contributed by atoms with E-state index in [1.807, 2.05) is 0 Å². The van der Waals surface area contributed by atoms with Crippen LogP contribution in [0.5, 0.6) is 0 Å². The van der Waals surface area contributed by atoms with Gasteiger partial charge in [0.1, 0.15) is 11.5 Å². The first-order chi connectivity index (χ1) is 13.6. The second-order valence-electron chi connectivity index (χ2n) is 6.87. The molecule has 1 heterocycles. The monoisotopic (exact) mass is 417 g/mol. The Kier molecular flexibility index (Phi) is 5.83. The van der Waals surface area contributed by atoms with Gasteiger partial charge in [-0.25, -0.2) is 17.8 Å². The van der Waals surface area contributed by atoms with Crippen molar-refractivity contribution in [1.82, 2.24) is 4.98 Å². The van der Waals surface area contributed by atoms with E-state index in [1.54, 1.807) is 31.2 Å². The number of carboxylic acids is 1. The number of benzene rings is 2. The van der Waals surface area contributed by atoms with Crippen molar-refractivity contribution in [3.63, 3.8) is 0 Å². The van der Waals surface area contributed by atoms with Gasteiger partial charge in [-0.05, 0) is 55.0 Å². The van der Waals surface area contributed by atoms with E-state index in [4.69, 9.17) is 9.52 Å². The van der Waals surface area contributed by atoms with E-state index in [1.165, 1.54) is 24.3 Å². The SMILES string of the molecule is CC(CCc1nc(-c2ccc(F)cc2)c(-c2ccc(S(C)(=O)=O)cc2)o1)C(=O)O. The fraction of sp³-hybridized carbons (Fsp3) is 0.238. The van der Waals surface area contributed by atoms with Gasteiger partial charge in [-0.1, -0.05) is 6.92 Å². The predicted molar refractivity (Wildman–Crippen MR) is 106 cm³/mol. The molecule has 1 aromatic heterocycles. The van der Waals surface area contributed by atoms with Crippen LogP contribution in [0.15, 0.2) is 57.8 Å². The molecule has 152 valence electrons. The van der Waals surface area contributed by atoms with Crippen LogP contribution in [0.4, 0.5) is 4.39 Å². The van der Waals surface area contributed by atoms with Crippen LogP contribution in [0.25, 0.3) is 22.6 Å². The van der Waals surface area contributed by atoms with Crippen molar-refractivity contribution in [3.05, 3.63) is 60.2 Å². The fourth-order valence-corrected chi connectivity index (χ4v) is 3.42. The van der Waals surface area contributed by atoms with Gasteiger partial charge >= 0.3 is 5.97 Å². The van der Waals surface area contributed by atoms with Crippen molar-refractivity contribution in [3.8, 4) is 22.6 Å². The van der Waals surface area contributed by atoms with E-state index in [-0.39, 0.29) is 10.7 Å². The molecule has 1 atom stereocenters. The Morgan fingerprint density at radius 2 is 1.69 bits per heavy atom. The number of halogens is 1. The van der Waals surface area contributed by atoms with E-state index >= 15 is 0 Å². The Morgan fingerprint density at radius 3 is 2.24 bits per heavy atom. The molecule has 2 aromatic carbocycles. The summed E-state index contributed by atoms with van der Waals surface area (Å²) >= 11 is 0. The lowest BCUT2D eigenvalue weighted by Crippen LogP contribution is -2.10. The number of oxazole rings is 1. The van der Waals surface area contributed by atoms with Crippen LogP contribution in [0.3, 0.4) is 0 Å². The summed E-state index contributed by atoms with van der Waals surface area (Å²) in [4.78, 5) is 15.7. The summed E-state index contributed by atoms with van der Waals surface area (Å²) in [6.45, 7) is 1.61. The number of hydrogen-bond donors (Lipinski definition) is 1. The van der Waals surface area contributed by atoms with Crippen molar-refractivity contribution in [2.75, 3.05) is 6.26 Å². The van der Waals surface area contributed by atoms with Crippen molar-refractivity contribution in [2.24, 2.45) is 5.92 Å². The first-order valence-electron chi connectivity index (χ1n) is 8.94. The normalized spacial score (nSPS) is 12.7.